The number of fused-ring (bicyclic) bond motifs is 1. The third-order valence-electron chi connectivity index (χ3n) is 2.71. The van der Waals surface area contributed by atoms with Crippen LogP contribution in [0.1, 0.15) is 5.56 Å². The minimum Gasteiger partial charge on any atom is -0.330 e. The van der Waals surface area contributed by atoms with Gasteiger partial charge in [-0.25, -0.2) is 9.37 Å². The molecule has 3 rings (SSSR count). The monoisotopic (exact) mass is 292 g/mol. The fourth-order valence-electron chi connectivity index (χ4n) is 1.79. The quantitative estimate of drug-likeness (QED) is 0.707. The van der Waals surface area contributed by atoms with Gasteiger partial charge in [0.1, 0.15) is 5.82 Å². The van der Waals surface area contributed by atoms with E-state index in [2.05, 4.69) is 16.4 Å². The van der Waals surface area contributed by atoms with Crippen LogP contribution in [0.5, 0.6) is 0 Å². The SMILES string of the molecule is Cc1ccc2nc(Nc3cc(F)ccc3Cl)sc2c1. The lowest BCUT2D eigenvalue weighted by Crippen LogP contribution is -1.91. The van der Waals surface area contributed by atoms with E-state index in [4.69, 9.17) is 11.6 Å². The molecule has 2 aromatic carbocycles. The Labute approximate surface area is 118 Å². The van der Waals surface area contributed by atoms with E-state index in [1.54, 1.807) is 0 Å². The molecule has 19 heavy (non-hydrogen) atoms. The van der Waals surface area contributed by atoms with Crippen LogP contribution in [0.15, 0.2) is 36.4 Å². The van der Waals surface area contributed by atoms with E-state index in [9.17, 15) is 4.39 Å². The summed E-state index contributed by atoms with van der Waals surface area (Å²) in [4.78, 5) is 4.45. The highest BCUT2D eigenvalue weighted by molar-refractivity contribution is 7.22. The molecule has 0 saturated carbocycles. The molecule has 0 fully saturated rings. The second-order valence-corrected chi connectivity index (χ2v) is 5.68. The molecule has 0 aliphatic carbocycles. The van der Waals surface area contributed by atoms with Gasteiger partial charge >= 0.3 is 0 Å². The zero-order valence-corrected chi connectivity index (χ0v) is 11.6. The number of rotatable bonds is 2. The first-order valence-electron chi connectivity index (χ1n) is 5.71. The largest absolute Gasteiger partial charge is 0.330 e. The van der Waals surface area contributed by atoms with Gasteiger partial charge in [-0.3, -0.25) is 0 Å². The maximum Gasteiger partial charge on any atom is 0.188 e. The van der Waals surface area contributed by atoms with Crippen LogP contribution >= 0.6 is 22.9 Å². The van der Waals surface area contributed by atoms with Crippen LogP contribution in [-0.4, -0.2) is 4.98 Å². The molecule has 0 saturated heterocycles. The Morgan fingerprint density at radius 2 is 2.05 bits per heavy atom. The van der Waals surface area contributed by atoms with Gasteiger partial charge in [0.2, 0.25) is 0 Å². The zero-order valence-electron chi connectivity index (χ0n) is 10.1. The summed E-state index contributed by atoms with van der Waals surface area (Å²) in [5, 5.41) is 4.23. The van der Waals surface area contributed by atoms with Crippen LogP contribution in [0.4, 0.5) is 15.2 Å². The normalized spacial score (nSPS) is 10.9. The molecule has 0 spiro atoms. The molecular weight excluding hydrogens is 283 g/mol. The van der Waals surface area contributed by atoms with Crippen molar-refractivity contribution < 1.29 is 4.39 Å². The van der Waals surface area contributed by atoms with Crippen molar-refractivity contribution in [3.05, 3.63) is 52.8 Å². The molecule has 0 atom stereocenters. The zero-order chi connectivity index (χ0) is 13.4. The second kappa shape index (κ2) is 4.79. The molecule has 0 unspecified atom stereocenters. The van der Waals surface area contributed by atoms with Crippen molar-refractivity contribution in [2.24, 2.45) is 0 Å². The number of aryl methyl sites for hydroxylation is 1. The lowest BCUT2D eigenvalue weighted by atomic mass is 10.2. The summed E-state index contributed by atoms with van der Waals surface area (Å²) in [6, 6.07) is 10.3. The predicted molar refractivity (Wildman–Crippen MR) is 79.0 cm³/mol. The van der Waals surface area contributed by atoms with E-state index in [1.807, 2.05) is 19.1 Å². The van der Waals surface area contributed by atoms with Gasteiger partial charge < -0.3 is 5.32 Å². The Morgan fingerprint density at radius 3 is 2.89 bits per heavy atom. The van der Waals surface area contributed by atoms with Gasteiger partial charge in [0.25, 0.3) is 0 Å². The second-order valence-electron chi connectivity index (χ2n) is 4.24. The number of anilines is 2. The summed E-state index contributed by atoms with van der Waals surface area (Å²) in [5.74, 6) is -0.330. The van der Waals surface area contributed by atoms with E-state index in [-0.39, 0.29) is 5.82 Å². The molecule has 1 aromatic heterocycles. The third kappa shape index (κ3) is 2.55. The van der Waals surface area contributed by atoms with Crippen LogP contribution in [0, 0.1) is 12.7 Å². The third-order valence-corrected chi connectivity index (χ3v) is 3.98. The Morgan fingerprint density at radius 1 is 1.21 bits per heavy atom. The van der Waals surface area contributed by atoms with Gasteiger partial charge in [0, 0.05) is 0 Å². The fraction of sp³-hybridized carbons (Fsp3) is 0.0714. The maximum atomic E-state index is 13.2. The highest BCUT2D eigenvalue weighted by Crippen LogP contribution is 2.31. The van der Waals surface area contributed by atoms with Gasteiger partial charge in [-0.2, -0.15) is 0 Å². The highest BCUT2D eigenvalue weighted by atomic mass is 35.5. The molecule has 0 radical (unpaired) electrons. The predicted octanol–water partition coefficient (Wildman–Crippen LogP) is 5.14. The molecule has 0 amide bonds. The van der Waals surface area contributed by atoms with Gasteiger partial charge in [0.15, 0.2) is 5.13 Å². The highest BCUT2D eigenvalue weighted by Gasteiger charge is 2.07. The van der Waals surface area contributed by atoms with Crippen LogP contribution in [-0.2, 0) is 0 Å². The Bertz CT molecular complexity index is 754. The van der Waals surface area contributed by atoms with Crippen molar-refractivity contribution in [3.8, 4) is 0 Å². The number of nitrogens with one attached hydrogen (secondary N) is 1. The Hall–Kier alpha value is -1.65. The number of benzene rings is 2. The van der Waals surface area contributed by atoms with Crippen molar-refractivity contribution >= 4 is 44.0 Å². The summed E-state index contributed by atoms with van der Waals surface area (Å²) in [6.07, 6.45) is 0. The maximum absolute atomic E-state index is 13.2. The summed E-state index contributed by atoms with van der Waals surface area (Å²) in [6.45, 7) is 2.04. The minimum atomic E-state index is -0.330. The number of thiazole rings is 1. The topological polar surface area (TPSA) is 24.9 Å². The van der Waals surface area contributed by atoms with Crippen LogP contribution in [0.2, 0.25) is 5.02 Å². The lowest BCUT2D eigenvalue weighted by molar-refractivity contribution is 0.628. The van der Waals surface area contributed by atoms with Crippen LogP contribution < -0.4 is 5.32 Å². The molecule has 96 valence electrons. The van der Waals surface area contributed by atoms with Crippen molar-refractivity contribution in [1.29, 1.82) is 0 Å². The van der Waals surface area contributed by atoms with E-state index in [0.717, 1.165) is 10.2 Å². The summed E-state index contributed by atoms with van der Waals surface area (Å²) in [5.41, 5.74) is 2.63. The first kappa shape index (κ1) is 12.4. The smallest absolute Gasteiger partial charge is 0.188 e. The first-order chi connectivity index (χ1) is 9.11. The van der Waals surface area contributed by atoms with Gasteiger partial charge in [0.05, 0.1) is 20.9 Å². The molecule has 1 N–H and O–H groups in total. The fourth-order valence-corrected chi connectivity index (χ4v) is 2.93. The van der Waals surface area contributed by atoms with E-state index in [1.165, 1.54) is 35.1 Å². The van der Waals surface area contributed by atoms with Gasteiger partial charge in [-0.15, -0.1) is 0 Å². The van der Waals surface area contributed by atoms with Crippen LogP contribution in [0.3, 0.4) is 0 Å². The summed E-state index contributed by atoms with van der Waals surface area (Å²) < 4.78 is 14.3. The van der Waals surface area contributed by atoms with Crippen molar-refractivity contribution in [3.63, 3.8) is 0 Å². The van der Waals surface area contributed by atoms with E-state index in [0.29, 0.717) is 15.8 Å². The Balaban J connectivity index is 1.98. The number of nitrogens with zero attached hydrogens (tertiary/aromatic N) is 1. The van der Waals surface area contributed by atoms with E-state index >= 15 is 0 Å². The molecule has 0 aliphatic rings. The molecule has 2 nitrogen and oxygen atoms in total. The number of hydrogen-bond acceptors (Lipinski definition) is 3. The van der Waals surface area contributed by atoms with Crippen molar-refractivity contribution in [2.75, 3.05) is 5.32 Å². The minimum absolute atomic E-state index is 0.330. The molecule has 0 aliphatic heterocycles. The number of halogens is 2. The average molecular weight is 293 g/mol. The molecule has 1 heterocycles. The van der Waals surface area contributed by atoms with Crippen molar-refractivity contribution in [1.82, 2.24) is 4.98 Å². The van der Waals surface area contributed by atoms with Crippen LogP contribution in [0.25, 0.3) is 10.2 Å². The molecular formula is C14H10ClFN2S. The van der Waals surface area contributed by atoms with Crippen molar-refractivity contribution in [2.45, 2.75) is 6.92 Å². The lowest BCUT2D eigenvalue weighted by Gasteiger charge is -2.04. The van der Waals surface area contributed by atoms with E-state index < -0.39 is 0 Å². The molecule has 0 bridgehead atoms. The summed E-state index contributed by atoms with van der Waals surface area (Å²) in [7, 11) is 0. The molecule has 5 heteroatoms. The standard InChI is InChI=1S/C14H10ClFN2S/c1-8-2-5-11-13(6-8)19-14(17-11)18-12-7-9(16)3-4-10(12)15/h2-7H,1H3,(H,17,18). The summed E-state index contributed by atoms with van der Waals surface area (Å²) >= 11 is 7.54. The van der Waals surface area contributed by atoms with Gasteiger partial charge in [-0.1, -0.05) is 29.0 Å². The van der Waals surface area contributed by atoms with Gasteiger partial charge in [-0.05, 0) is 42.8 Å². The molecule has 3 aromatic rings. The number of aromatic nitrogens is 1. The number of hydrogen-bond donors (Lipinski definition) is 1. The average Bonchev–Trinajstić information content (AvgIpc) is 2.75. The first-order valence-corrected chi connectivity index (χ1v) is 6.90. The Kier molecular flexibility index (Phi) is 3.12.